The van der Waals surface area contributed by atoms with Crippen molar-refractivity contribution in [1.82, 2.24) is 14.5 Å². The first-order chi connectivity index (χ1) is 11.2. The lowest BCUT2D eigenvalue weighted by atomic mass is 9.92. The molecule has 5 nitrogen and oxygen atoms in total. The van der Waals surface area contributed by atoms with Crippen LogP contribution in [0.15, 0.2) is 42.7 Å². The Morgan fingerprint density at radius 1 is 1.35 bits per heavy atom. The molecule has 2 aliphatic rings. The highest BCUT2D eigenvalue weighted by atomic mass is 32.2. The Kier molecular flexibility index (Phi) is 3.56. The summed E-state index contributed by atoms with van der Waals surface area (Å²) in [7, 11) is 1.91. The van der Waals surface area contributed by atoms with E-state index in [1.165, 1.54) is 0 Å². The van der Waals surface area contributed by atoms with Crippen molar-refractivity contribution in [3.8, 4) is 5.88 Å². The van der Waals surface area contributed by atoms with Gasteiger partial charge in [0.15, 0.2) is 0 Å². The third kappa shape index (κ3) is 2.72. The van der Waals surface area contributed by atoms with Crippen LogP contribution in [0.25, 0.3) is 0 Å². The third-order valence-corrected chi connectivity index (χ3v) is 6.08. The zero-order valence-electron chi connectivity index (χ0n) is 13.0. The topological polar surface area (TPSA) is 47.4 Å². The van der Waals surface area contributed by atoms with Crippen molar-refractivity contribution in [1.29, 1.82) is 0 Å². The molecule has 1 spiro atoms. The maximum absolute atomic E-state index is 12.5. The van der Waals surface area contributed by atoms with E-state index in [4.69, 9.17) is 4.74 Å². The maximum atomic E-state index is 12.5. The predicted octanol–water partition coefficient (Wildman–Crippen LogP) is 2.20. The number of hydrogen-bond donors (Lipinski definition) is 0. The van der Waals surface area contributed by atoms with Crippen LogP contribution in [0.2, 0.25) is 0 Å². The quantitative estimate of drug-likeness (QED) is 0.866. The van der Waals surface area contributed by atoms with Crippen molar-refractivity contribution in [2.75, 3.05) is 18.8 Å². The molecular formula is C17H19N3O2S. The van der Waals surface area contributed by atoms with E-state index >= 15 is 0 Å². The van der Waals surface area contributed by atoms with Crippen LogP contribution in [0.1, 0.15) is 16.9 Å². The fraction of sp³-hybridized carbons (Fsp3) is 0.412. The second kappa shape index (κ2) is 5.60. The van der Waals surface area contributed by atoms with Crippen molar-refractivity contribution in [3.63, 3.8) is 0 Å². The molecule has 4 rings (SSSR count). The molecular weight excluding hydrogens is 310 g/mol. The van der Waals surface area contributed by atoms with Crippen molar-refractivity contribution in [2.45, 2.75) is 17.3 Å². The number of thioether (sulfide) groups is 1. The van der Waals surface area contributed by atoms with E-state index < -0.39 is 0 Å². The van der Waals surface area contributed by atoms with E-state index in [0.29, 0.717) is 5.88 Å². The van der Waals surface area contributed by atoms with Gasteiger partial charge in [0, 0.05) is 50.8 Å². The molecule has 2 saturated heterocycles. The van der Waals surface area contributed by atoms with Gasteiger partial charge in [0.2, 0.25) is 5.88 Å². The predicted molar refractivity (Wildman–Crippen MR) is 89.8 cm³/mol. The number of carbonyl (C=O) groups is 1. The lowest BCUT2D eigenvalue weighted by Crippen LogP contribution is -2.61. The number of nitrogens with zero attached hydrogens (tertiary/aromatic N) is 3. The minimum Gasteiger partial charge on any atom is -0.473 e. The van der Waals surface area contributed by atoms with Gasteiger partial charge < -0.3 is 14.2 Å². The van der Waals surface area contributed by atoms with Gasteiger partial charge in [-0.25, -0.2) is 4.98 Å². The molecule has 23 heavy (non-hydrogen) atoms. The molecule has 0 saturated carbocycles. The van der Waals surface area contributed by atoms with Crippen molar-refractivity contribution in [2.24, 2.45) is 7.05 Å². The molecule has 2 fully saturated rings. The standard InChI is InChI=1S/C17H19N3O2S/c1-19-8-4-5-14(19)16(21)20-11-17(12-20)9-13(10-23-17)22-15-6-2-3-7-18-15/h2-8,13H,9-12H2,1H3. The molecule has 2 aromatic heterocycles. The summed E-state index contributed by atoms with van der Waals surface area (Å²) < 4.78 is 8.00. The number of likely N-dealkylation sites (tertiary alicyclic amines) is 1. The molecule has 2 aromatic rings. The minimum atomic E-state index is 0.123. The molecule has 1 unspecified atom stereocenters. The molecule has 1 atom stereocenters. The van der Waals surface area contributed by atoms with E-state index in [0.717, 1.165) is 31.0 Å². The van der Waals surface area contributed by atoms with Crippen LogP contribution in [0.5, 0.6) is 5.88 Å². The Morgan fingerprint density at radius 2 is 2.22 bits per heavy atom. The number of amides is 1. The van der Waals surface area contributed by atoms with Gasteiger partial charge >= 0.3 is 0 Å². The van der Waals surface area contributed by atoms with Gasteiger partial charge in [-0.3, -0.25) is 4.79 Å². The van der Waals surface area contributed by atoms with Crippen molar-refractivity contribution < 1.29 is 9.53 Å². The average molecular weight is 329 g/mol. The smallest absolute Gasteiger partial charge is 0.270 e. The van der Waals surface area contributed by atoms with Crippen LogP contribution in [0.3, 0.4) is 0 Å². The van der Waals surface area contributed by atoms with Crippen LogP contribution in [0.4, 0.5) is 0 Å². The van der Waals surface area contributed by atoms with E-state index in [1.54, 1.807) is 6.20 Å². The maximum Gasteiger partial charge on any atom is 0.270 e. The Bertz CT molecular complexity index is 710. The van der Waals surface area contributed by atoms with Crippen LogP contribution in [-0.2, 0) is 7.05 Å². The first-order valence-electron chi connectivity index (χ1n) is 7.77. The van der Waals surface area contributed by atoms with Gasteiger partial charge in [-0.05, 0) is 18.2 Å². The van der Waals surface area contributed by atoms with E-state index in [9.17, 15) is 4.79 Å². The number of aromatic nitrogens is 2. The molecule has 120 valence electrons. The second-order valence-corrected chi connectivity index (χ2v) is 7.76. The Hall–Kier alpha value is -1.95. The monoisotopic (exact) mass is 329 g/mol. The summed E-state index contributed by atoms with van der Waals surface area (Å²) in [6, 6.07) is 9.49. The first-order valence-corrected chi connectivity index (χ1v) is 8.76. The highest BCUT2D eigenvalue weighted by molar-refractivity contribution is 8.01. The summed E-state index contributed by atoms with van der Waals surface area (Å²) in [6.45, 7) is 1.62. The minimum absolute atomic E-state index is 0.123. The number of aryl methyl sites for hydroxylation is 1. The van der Waals surface area contributed by atoms with Crippen LogP contribution < -0.4 is 4.74 Å². The summed E-state index contributed by atoms with van der Waals surface area (Å²) in [5.41, 5.74) is 0.754. The number of carbonyl (C=O) groups excluding carboxylic acids is 1. The summed E-state index contributed by atoms with van der Waals surface area (Å²) >= 11 is 1.93. The molecule has 0 bridgehead atoms. The van der Waals surface area contributed by atoms with Gasteiger partial charge in [-0.2, -0.15) is 0 Å². The fourth-order valence-corrected chi connectivity index (χ4v) is 4.85. The van der Waals surface area contributed by atoms with Crippen molar-refractivity contribution in [3.05, 3.63) is 48.4 Å². The molecule has 2 aliphatic heterocycles. The molecule has 0 N–H and O–H groups in total. The van der Waals surface area contributed by atoms with Crippen LogP contribution in [0, 0.1) is 0 Å². The van der Waals surface area contributed by atoms with E-state index in [2.05, 4.69) is 4.98 Å². The molecule has 6 heteroatoms. The summed E-state index contributed by atoms with van der Waals surface area (Å²) in [5.74, 6) is 1.77. The number of pyridine rings is 1. The van der Waals surface area contributed by atoms with Gasteiger partial charge in [0.1, 0.15) is 11.8 Å². The lowest BCUT2D eigenvalue weighted by molar-refractivity contribution is 0.0506. The normalized spacial score (nSPS) is 22.1. The number of rotatable bonds is 3. The molecule has 0 aromatic carbocycles. The average Bonchev–Trinajstić information content (AvgIpc) is 3.13. The van der Waals surface area contributed by atoms with E-state index in [1.807, 2.05) is 64.8 Å². The Balaban J connectivity index is 1.35. The van der Waals surface area contributed by atoms with Crippen LogP contribution >= 0.6 is 11.8 Å². The SMILES string of the molecule is Cn1cccc1C(=O)N1CC2(CC(Oc3ccccn3)CS2)C1. The highest BCUT2D eigenvalue weighted by Gasteiger charge is 2.51. The summed E-state index contributed by atoms with van der Waals surface area (Å²) in [5, 5.41) is 0. The zero-order chi connectivity index (χ0) is 15.9. The molecule has 1 amide bonds. The number of hydrogen-bond acceptors (Lipinski definition) is 4. The Morgan fingerprint density at radius 3 is 2.91 bits per heavy atom. The molecule has 0 aliphatic carbocycles. The van der Waals surface area contributed by atoms with Crippen LogP contribution in [-0.4, -0.2) is 50.1 Å². The van der Waals surface area contributed by atoms with Gasteiger partial charge in [-0.15, -0.1) is 11.8 Å². The van der Waals surface area contributed by atoms with Gasteiger partial charge in [0.25, 0.3) is 5.91 Å². The Labute approximate surface area is 139 Å². The van der Waals surface area contributed by atoms with Crippen molar-refractivity contribution >= 4 is 17.7 Å². The third-order valence-electron chi connectivity index (χ3n) is 4.51. The fourth-order valence-electron chi connectivity index (χ4n) is 3.32. The van der Waals surface area contributed by atoms with E-state index in [-0.39, 0.29) is 16.8 Å². The number of ether oxygens (including phenoxy) is 1. The lowest BCUT2D eigenvalue weighted by Gasteiger charge is -2.47. The largest absolute Gasteiger partial charge is 0.473 e. The van der Waals surface area contributed by atoms with Gasteiger partial charge in [0.05, 0.1) is 4.75 Å². The molecule has 4 heterocycles. The summed E-state index contributed by atoms with van der Waals surface area (Å²) in [4.78, 5) is 18.6. The highest BCUT2D eigenvalue weighted by Crippen LogP contribution is 2.46. The summed E-state index contributed by atoms with van der Waals surface area (Å²) in [6.07, 6.45) is 4.81. The molecule has 0 radical (unpaired) electrons. The zero-order valence-corrected chi connectivity index (χ0v) is 13.8. The first kappa shape index (κ1) is 14.6. The second-order valence-electron chi connectivity index (χ2n) is 6.27. The van der Waals surface area contributed by atoms with Gasteiger partial charge in [-0.1, -0.05) is 6.07 Å².